The molecule has 9 heteroatoms. The Labute approximate surface area is 154 Å². The predicted molar refractivity (Wildman–Crippen MR) is 91.0 cm³/mol. The molecule has 0 atom stereocenters. The van der Waals surface area contributed by atoms with Crippen molar-refractivity contribution < 1.29 is 27.8 Å². The first-order valence-corrected chi connectivity index (χ1v) is 8.60. The number of carbonyl (C=O) groups is 1. The standard InChI is InChI=1S/C18H20F3N3O3/c1-27-13-6-4-12(5-7-13)24-15-14(16(22-24)18(19,20)21)8-10-23(17(15)26)9-2-3-11-25/h4-7,25H,2-3,8-11H2,1H3. The molecule has 2 heterocycles. The number of ether oxygens (including phenoxy) is 1. The van der Waals surface area contributed by atoms with Crippen molar-refractivity contribution in [1.29, 1.82) is 0 Å². The highest BCUT2D eigenvalue weighted by Crippen LogP contribution is 2.36. The number of methoxy groups -OCH3 is 1. The van der Waals surface area contributed by atoms with E-state index in [1.807, 2.05) is 0 Å². The summed E-state index contributed by atoms with van der Waals surface area (Å²) in [7, 11) is 1.49. The van der Waals surface area contributed by atoms with Crippen LogP contribution in [0.4, 0.5) is 13.2 Å². The maximum atomic E-state index is 13.4. The predicted octanol–water partition coefficient (Wildman–Crippen LogP) is 2.67. The number of carbonyl (C=O) groups excluding carboxylic acids is 1. The van der Waals surface area contributed by atoms with Crippen molar-refractivity contribution in [2.75, 3.05) is 26.8 Å². The lowest BCUT2D eigenvalue weighted by Gasteiger charge is -2.27. The lowest BCUT2D eigenvalue weighted by molar-refractivity contribution is -0.142. The van der Waals surface area contributed by atoms with Gasteiger partial charge >= 0.3 is 6.18 Å². The fourth-order valence-corrected chi connectivity index (χ4v) is 3.17. The Hall–Kier alpha value is -2.55. The Bertz CT molecular complexity index is 816. The molecular formula is C18H20F3N3O3. The van der Waals surface area contributed by atoms with Gasteiger partial charge in [0.05, 0.1) is 12.8 Å². The molecule has 0 bridgehead atoms. The van der Waals surface area contributed by atoms with Crippen molar-refractivity contribution in [3.05, 3.63) is 41.2 Å². The van der Waals surface area contributed by atoms with Crippen LogP contribution in [-0.2, 0) is 12.6 Å². The summed E-state index contributed by atoms with van der Waals surface area (Å²) in [5, 5.41) is 12.6. The molecular weight excluding hydrogens is 363 g/mol. The van der Waals surface area contributed by atoms with Crippen molar-refractivity contribution in [1.82, 2.24) is 14.7 Å². The number of fused-ring (bicyclic) bond motifs is 1. The molecule has 0 radical (unpaired) electrons. The van der Waals surface area contributed by atoms with Crippen molar-refractivity contribution in [3.63, 3.8) is 0 Å². The Morgan fingerprint density at radius 3 is 2.52 bits per heavy atom. The van der Waals surface area contributed by atoms with E-state index < -0.39 is 17.8 Å². The van der Waals surface area contributed by atoms with Gasteiger partial charge < -0.3 is 14.7 Å². The molecule has 1 N–H and O–H groups in total. The summed E-state index contributed by atoms with van der Waals surface area (Å²) in [5.41, 5.74) is -0.783. The van der Waals surface area contributed by atoms with Gasteiger partial charge in [0.2, 0.25) is 0 Å². The smallest absolute Gasteiger partial charge is 0.435 e. The van der Waals surface area contributed by atoms with Gasteiger partial charge in [0.1, 0.15) is 11.4 Å². The number of alkyl halides is 3. The van der Waals surface area contributed by atoms with E-state index in [9.17, 15) is 18.0 Å². The maximum Gasteiger partial charge on any atom is 0.435 e. The summed E-state index contributed by atoms with van der Waals surface area (Å²) < 4.78 is 46.5. The van der Waals surface area contributed by atoms with E-state index in [0.717, 1.165) is 4.68 Å². The Morgan fingerprint density at radius 1 is 1.22 bits per heavy atom. The minimum absolute atomic E-state index is 0.00921. The zero-order valence-electron chi connectivity index (χ0n) is 14.8. The summed E-state index contributed by atoms with van der Waals surface area (Å²) in [6.07, 6.45) is -3.44. The van der Waals surface area contributed by atoms with Crippen LogP contribution < -0.4 is 4.74 Å². The number of nitrogens with zero attached hydrogens (tertiary/aromatic N) is 3. The van der Waals surface area contributed by atoms with Gasteiger partial charge in [-0.25, -0.2) is 4.68 Å². The average Bonchev–Trinajstić information content (AvgIpc) is 3.04. The van der Waals surface area contributed by atoms with E-state index >= 15 is 0 Å². The summed E-state index contributed by atoms with van der Waals surface area (Å²) in [6, 6.07) is 6.32. The second-order valence-corrected chi connectivity index (χ2v) is 6.26. The van der Waals surface area contributed by atoms with E-state index in [-0.39, 0.29) is 30.8 Å². The zero-order valence-corrected chi connectivity index (χ0v) is 14.8. The number of hydrogen-bond donors (Lipinski definition) is 1. The molecule has 0 spiro atoms. The molecule has 27 heavy (non-hydrogen) atoms. The number of amides is 1. The van der Waals surface area contributed by atoms with Gasteiger partial charge in [-0.05, 0) is 43.5 Å². The van der Waals surface area contributed by atoms with Crippen LogP contribution in [0, 0.1) is 0 Å². The molecule has 6 nitrogen and oxygen atoms in total. The first kappa shape index (κ1) is 19.2. The second kappa shape index (κ2) is 7.59. The maximum absolute atomic E-state index is 13.4. The van der Waals surface area contributed by atoms with Crippen LogP contribution in [0.2, 0.25) is 0 Å². The monoisotopic (exact) mass is 383 g/mol. The summed E-state index contributed by atoms with van der Waals surface area (Å²) in [5.74, 6) is 0.0702. The molecule has 0 aliphatic carbocycles. The molecule has 0 unspecified atom stereocenters. The van der Waals surface area contributed by atoms with E-state index in [1.54, 1.807) is 24.3 Å². The molecule has 1 aromatic heterocycles. The first-order valence-electron chi connectivity index (χ1n) is 8.60. The van der Waals surface area contributed by atoms with Gasteiger partial charge in [-0.1, -0.05) is 0 Å². The normalized spacial score (nSPS) is 14.4. The summed E-state index contributed by atoms with van der Waals surface area (Å²) in [6.45, 7) is 0.595. The average molecular weight is 383 g/mol. The Balaban J connectivity index is 2.04. The fourth-order valence-electron chi connectivity index (χ4n) is 3.17. The minimum Gasteiger partial charge on any atom is -0.497 e. The SMILES string of the molecule is COc1ccc(-n2nc(C(F)(F)F)c3c2C(=O)N(CCCCO)CC3)cc1. The molecule has 146 valence electrons. The Morgan fingerprint density at radius 2 is 1.93 bits per heavy atom. The highest BCUT2D eigenvalue weighted by Gasteiger charge is 2.43. The second-order valence-electron chi connectivity index (χ2n) is 6.26. The topological polar surface area (TPSA) is 67.6 Å². The van der Waals surface area contributed by atoms with E-state index in [2.05, 4.69) is 5.10 Å². The van der Waals surface area contributed by atoms with Crippen molar-refractivity contribution in [2.45, 2.75) is 25.4 Å². The van der Waals surface area contributed by atoms with E-state index in [1.165, 1.54) is 12.0 Å². The van der Waals surface area contributed by atoms with Gasteiger partial charge in [-0.3, -0.25) is 4.79 Å². The van der Waals surface area contributed by atoms with Gasteiger partial charge in [-0.2, -0.15) is 18.3 Å². The third-order valence-electron chi connectivity index (χ3n) is 4.53. The van der Waals surface area contributed by atoms with Gasteiger partial charge in [0.15, 0.2) is 5.69 Å². The largest absolute Gasteiger partial charge is 0.497 e. The fraction of sp³-hybridized carbons (Fsp3) is 0.444. The third kappa shape index (κ3) is 3.78. The molecule has 3 rings (SSSR count). The van der Waals surface area contributed by atoms with Crippen LogP contribution in [0.25, 0.3) is 5.69 Å². The number of aromatic nitrogens is 2. The Kier molecular flexibility index (Phi) is 5.41. The molecule has 0 fully saturated rings. The lowest BCUT2D eigenvalue weighted by atomic mass is 10.0. The van der Waals surface area contributed by atoms with Crippen molar-refractivity contribution in [3.8, 4) is 11.4 Å². The minimum atomic E-state index is -4.64. The summed E-state index contributed by atoms with van der Waals surface area (Å²) in [4.78, 5) is 14.4. The van der Waals surface area contributed by atoms with Crippen LogP contribution >= 0.6 is 0 Å². The van der Waals surface area contributed by atoms with Gasteiger partial charge in [0, 0.05) is 25.3 Å². The van der Waals surface area contributed by atoms with Crippen LogP contribution in [0.5, 0.6) is 5.75 Å². The van der Waals surface area contributed by atoms with Crippen LogP contribution in [0.15, 0.2) is 24.3 Å². The van der Waals surface area contributed by atoms with Crippen LogP contribution in [-0.4, -0.2) is 52.5 Å². The lowest BCUT2D eigenvalue weighted by Crippen LogP contribution is -2.39. The molecule has 1 amide bonds. The molecule has 0 saturated heterocycles. The number of unbranched alkanes of at least 4 members (excludes halogenated alkanes) is 1. The number of rotatable bonds is 6. The number of hydrogen-bond acceptors (Lipinski definition) is 4. The number of halogens is 3. The van der Waals surface area contributed by atoms with Crippen molar-refractivity contribution >= 4 is 5.91 Å². The van der Waals surface area contributed by atoms with E-state index in [4.69, 9.17) is 9.84 Å². The molecule has 0 saturated carbocycles. The summed E-state index contributed by atoms with van der Waals surface area (Å²) >= 11 is 0. The van der Waals surface area contributed by atoms with Crippen LogP contribution in [0.1, 0.15) is 34.6 Å². The van der Waals surface area contributed by atoms with Crippen LogP contribution in [0.3, 0.4) is 0 Å². The molecule has 1 aromatic carbocycles. The first-order chi connectivity index (χ1) is 12.9. The highest BCUT2D eigenvalue weighted by atomic mass is 19.4. The quantitative estimate of drug-likeness (QED) is 0.779. The van der Waals surface area contributed by atoms with Gasteiger partial charge in [0.25, 0.3) is 5.91 Å². The molecule has 1 aliphatic heterocycles. The number of benzene rings is 1. The number of aliphatic hydroxyl groups is 1. The van der Waals surface area contributed by atoms with E-state index in [0.29, 0.717) is 30.8 Å². The number of aliphatic hydroxyl groups excluding tert-OH is 1. The third-order valence-corrected chi connectivity index (χ3v) is 4.53. The van der Waals surface area contributed by atoms with Gasteiger partial charge in [-0.15, -0.1) is 0 Å². The zero-order chi connectivity index (χ0) is 19.6. The van der Waals surface area contributed by atoms with Crippen molar-refractivity contribution in [2.24, 2.45) is 0 Å². The molecule has 1 aliphatic rings. The molecule has 2 aromatic rings. The highest BCUT2D eigenvalue weighted by molar-refractivity contribution is 5.96.